The van der Waals surface area contributed by atoms with Crippen LogP contribution in [0.5, 0.6) is 0 Å². The number of fused-ring (bicyclic) bond motifs is 1. The fourth-order valence-electron chi connectivity index (χ4n) is 3.38. The lowest BCUT2D eigenvalue weighted by molar-refractivity contribution is 0.0430. The Bertz CT molecular complexity index is 1370. The number of hydrogen-bond acceptors (Lipinski definition) is 6. The number of para-hydroxylation sites is 2. The molecule has 0 radical (unpaired) electrons. The van der Waals surface area contributed by atoms with Crippen LogP contribution in [0.15, 0.2) is 83.6 Å². The monoisotopic (exact) mass is 410 g/mol. The van der Waals surface area contributed by atoms with Crippen LogP contribution in [0.4, 0.5) is 0 Å². The Balaban J connectivity index is 1.27. The molecule has 5 aromatic rings. The number of imidazole rings is 1. The zero-order chi connectivity index (χ0) is 21.2. The van der Waals surface area contributed by atoms with Crippen molar-refractivity contribution < 1.29 is 14.1 Å². The first-order valence-corrected chi connectivity index (χ1v) is 9.77. The highest BCUT2D eigenvalue weighted by Gasteiger charge is 2.14. The predicted octanol–water partition coefficient (Wildman–Crippen LogP) is 4.74. The average Bonchev–Trinajstić information content (AvgIpc) is 3.45. The molecule has 0 amide bonds. The van der Waals surface area contributed by atoms with Crippen molar-refractivity contribution in [3.8, 4) is 17.1 Å². The number of ether oxygens (including phenoxy) is 1. The van der Waals surface area contributed by atoms with Crippen molar-refractivity contribution in [3.05, 3.63) is 96.1 Å². The molecule has 0 saturated heterocycles. The van der Waals surface area contributed by atoms with Gasteiger partial charge in [0.1, 0.15) is 6.33 Å². The first-order valence-electron chi connectivity index (χ1n) is 9.77. The second-order valence-corrected chi connectivity index (χ2v) is 7.05. The van der Waals surface area contributed by atoms with Gasteiger partial charge in [-0.1, -0.05) is 41.6 Å². The van der Waals surface area contributed by atoms with Crippen molar-refractivity contribution in [2.24, 2.45) is 0 Å². The summed E-state index contributed by atoms with van der Waals surface area (Å²) in [4.78, 5) is 21.1. The molecule has 7 heteroatoms. The van der Waals surface area contributed by atoms with Crippen LogP contribution in [0, 0.1) is 6.92 Å². The van der Waals surface area contributed by atoms with Crippen LogP contribution in [0.1, 0.15) is 21.8 Å². The van der Waals surface area contributed by atoms with Crippen LogP contribution >= 0.6 is 0 Å². The standard InChI is InChI=1S/C24H18N4O3/c1-16-6-2-3-7-19(16)23-26-22(31-27-23)14-30-24(29)17-10-12-18(13-11-17)28-15-25-20-8-4-5-9-21(20)28/h2-13,15H,14H2,1H3. The number of rotatable bonds is 5. The number of esters is 1. The number of carbonyl (C=O) groups excluding carboxylic acids is 1. The van der Waals surface area contributed by atoms with Crippen molar-refractivity contribution in [3.63, 3.8) is 0 Å². The number of aryl methyl sites for hydroxylation is 1. The highest BCUT2D eigenvalue weighted by Crippen LogP contribution is 2.21. The van der Waals surface area contributed by atoms with E-state index < -0.39 is 5.97 Å². The van der Waals surface area contributed by atoms with E-state index in [-0.39, 0.29) is 12.5 Å². The van der Waals surface area contributed by atoms with E-state index >= 15 is 0 Å². The van der Waals surface area contributed by atoms with Gasteiger partial charge in [0.2, 0.25) is 5.82 Å². The van der Waals surface area contributed by atoms with E-state index in [1.165, 1.54) is 0 Å². The molecule has 0 N–H and O–H groups in total. The van der Waals surface area contributed by atoms with Crippen LogP contribution in [0.3, 0.4) is 0 Å². The fraction of sp³-hybridized carbons (Fsp3) is 0.0833. The summed E-state index contributed by atoms with van der Waals surface area (Å²) >= 11 is 0. The molecule has 31 heavy (non-hydrogen) atoms. The second-order valence-electron chi connectivity index (χ2n) is 7.05. The lowest BCUT2D eigenvalue weighted by atomic mass is 10.1. The molecule has 0 aliphatic heterocycles. The summed E-state index contributed by atoms with van der Waals surface area (Å²) in [5.41, 5.74) is 5.18. The number of carbonyl (C=O) groups is 1. The third-order valence-corrected chi connectivity index (χ3v) is 5.02. The average molecular weight is 410 g/mol. The maximum absolute atomic E-state index is 12.4. The van der Waals surface area contributed by atoms with Gasteiger partial charge in [-0.15, -0.1) is 0 Å². The summed E-state index contributed by atoms with van der Waals surface area (Å²) < 4.78 is 12.5. The Kier molecular flexibility index (Phi) is 4.76. The minimum atomic E-state index is -0.460. The van der Waals surface area contributed by atoms with Crippen molar-refractivity contribution in [1.29, 1.82) is 0 Å². The van der Waals surface area contributed by atoms with Crippen molar-refractivity contribution in [2.45, 2.75) is 13.5 Å². The van der Waals surface area contributed by atoms with E-state index in [1.54, 1.807) is 18.5 Å². The van der Waals surface area contributed by atoms with Gasteiger partial charge in [-0.2, -0.15) is 4.98 Å². The van der Waals surface area contributed by atoms with Gasteiger partial charge in [-0.05, 0) is 48.9 Å². The fourth-order valence-corrected chi connectivity index (χ4v) is 3.38. The molecular weight excluding hydrogens is 392 g/mol. The van der Waals surface area contributed by atoms with E-state index in [9.17, 15) is 4.79 Å². The SMILES string of the molecule is Cc1ccccc1-c1noc(COC(=O)c2ccc(-n3cnc4ccccc43)cc2)n1. The third kappa shape index (κ3) is 3.69. The Labute approximate surface area is 177 Å². The summed E-state index contributed by atoms with van der Waals surface area (Å²) in [5.74, 6) is 0.256. The molecule has 0 fully saturated rings. The van der Waals surface area contributed by atoms with Crippen LogP contribution in [0.25, 0.3) is 28.1 Å². The highest BCUT2D eigenvalue weighted by atomic mass is 16.6. The van der Waals surface area contributed by atoms with Crippen molar-refractivity contribution in [1.82, 2.24) is 19.7 Å². The molecule has 152 valence electrons. The molecule has 0 saturated carbocycles. The normalized spacial score (nSPS) is 11.0. The molecule has 5 rings (SSSR count). The van der Waals surface area contributed by atoms with Crippen molar-refractivity contribution >= 4 is 17.0 Å². The van der Waals surface area contributed by atoms with E-state index in [0.717, 1.165) is 27.8 Å². The predicted molar refractivity (Wildman–Crippen MR) is 115 cm³/mol. The summed E-state index contributed by atoms with van der Waals surface area (Å²) in [6, 6.07) is 22.8. The molecule has 2 aromatic heterocycles. The number of nitrogens with zero attached hydrogens (tertiary/aromatic N) is 4. The minimum absolute atomic E-state index is 0.0916. The maximum atomic E-state index is 12.4. The van der Waals surface area contributed by atoms with Gasteiger partial charge < -0.3 is 9.26 Å². The lowest BCUT2D eigenvalue weighted by Crippen LogP contribution is -2.05. The lowest BCUT2D eigenvalue weighted by Gasteiger charge is -2.06. The minimum Gasteiger partial charge on any atom is -0.452 e. The molecule has 0 aliphatic carbocycles. The van der Waals surface area contributed by atoms with Gasteiger partial charge in [0.15, 0.2) is 6.61 Å². The highest BCUT2D eigenvalue weighted by molar-refractivity contribution is 5.89. The van der Waals surface area contributed by atoms with Gasteiger partial charge in [-0.3, -0.25) is 4.57 Å². The number of hydrogen-bond donors (Lipinski definition) is 0. The third-order valence-electron chi connectivity index (χ3n) is 5.02. The van der Waals surface area contributed by atoms with E-state index in [0.29, 0.717) is 11.4 Å². The first-order chi connectivity index (χ1) is 15.2. The van der Waals surface area contributed by atoms with Crippen LogP contribution in [-0.4, -0.2) is 25.7 Å². The molecule has 0 spiro atoms. The molecular formula is C24H18N4O3. The number of aromatic nitrogens is 4. The van der Waals surface area contributed by atoms with Gasteiger partial charge in [0.25, 0.3) is 5.89 Å². The molecule has 0 atom stereocenters. The molecule has 7 nitrogen and oxygen atoms in total. The zero-order valence-electron chi connectivity index (χ0n) is 16.7. The van der Waals surface area contributed by atoms with Crippen molar-refractivity contribution in [2.75, 3.05) is 0 Å². The molecule has 0 aliphatic rings. The van der Waals surface area contributed by atoms with Gasteiger partial charge in [-0.25, -0.2) is 9.78 Å². The molecule has 2 heterocycles. The van der Waals surface area contributed by atoms with Crippen LogP contribution in [-0.2, 0) is 11.3 Å². The zero-order valence-corrected chi connectivity index (χ0v) is 16.7. The Morgan fingerprint density at radius 3 is 2.61 bits per heavy atom. The summed E-state index contributed by atoms with van der Waals surface area (Å²) in [7, 11) is 0. The molecule has 0 bridgehead atoms. The maximum Gasteiger partial charge on any atom is 0.338 e. The van der Waals surface area contributed by atoms with E-state index in [4.69, 9.17) is 9.26 Å². The van der Waals surface area contributed by atoms with Gasteiger partial charge >= 0.3 is 5.97 Å². The van der Waals surface area contributed by atoms with E-state index in [2.05, 4.69) is 15.1 Å². The largest absolute Gasteiger partial charge is 0.452 e. The van der Waals surface area contributed by atoms with E-state index in [1.807, 2.05) is 72.2 Å². The molecule has 3 aromatic carbocycles. The second kappa shape index (κ2) is 7.87. The van der Waals surface area contributed by atoms with Crippen LogP contribution < -0.4 is 0 Å². The Hall–Kier alpha value is -4.26. The topological polar surface area (TPSA) is 83.0 Å². The first kappa shape index (κ1) is 18.7. The van der Waals surface area contributed by atoms with Gasteiger partial charge in [0.05, 0.1) is 16.6 Å². The number of benzene rings is 3. The quantitative estimate of drug-likeness (QED) is 0.389. The summed E-state index contributed by atoms with van der Waals surface area (Å²) in [5, 5.41) is 3.98. The van der Waals surface area contributed by atoms with Gasteiger partial charge in [0, 0.05) is 11.3 Å². The Morgan fingerprint density at radius 2 is 1.77 bits per heavy atom. The Morgan fingerprint density at radius 1 is 1.00 bits per heavy atom. The molecule has 0 unspecified atom stereocenters. The summed E-state index contributed by atoms with van der Waals surface area (Å²) in [6.07, 6.45) is 1.76. The smallest absolute Gasteiger partial charge is 0.338 e. The summed E-state index contributed by atoms with van der Waals surface area (Å²) in [6.45, 7) is 1.88. The van der Waals surface area contributed by atoms with Crippen LogP contribution in [0.2, 0.25) is 0 Å².